The van der Waals surface area contributed by atoms with E-state index in [1.165, 1.54) is 12.8 Å². The van der Waals surface area contributed by atoms with E-state index in [9.17, 15) is 4.79 Å². The van der Waals surface area contributed by atoms with Crippen molar-refractivity contribution in [2.24, 2.45) is 5.92 Å². The standard InChI is InChI=1S/C17H20N2O2S/c1-2-21-15-6-4-3-5-14(15)17-19-13(11-22-17)9-16(20)18-10-12-7-8-12/h3-6,11-12H,2,7-10H2,1H3,(H,18,20). The summed E-state index contributed by atoms with van der Waals surface area (Å²) in [6.07, 6.45) is 2.84. The number of nitrogens with zero attached hydrogens (tertiary/aromatic N) is 1. The Labute approximate surface area is 134 Å². The van der Waals surface area contributed by atoms with Gasteiger partial charge in [0.1, 0.15) is 10.8 Å². The Hall–Kier alpha value is -1.88. The third-order valence-corrected chi connectivity index (χ3v) is 4.52. The summed E-state index contributed by atoms with van der Waals surface area (Å²) in [6, 6.07) is 7.87. The van der Waals surface area contributed by atoms with Crippen LogP contribution in [0.25, 0.3) is 10.6 Å². The molecule has 0 saturated heterocycles. The van der Waals surface area contributed by atoms with Crippen LogP contribution in [-0.4, -0.2) is 24.0 Å². The van der Waals surface area contributed by atoms with Crippen molar-refractivity contribution in [3.8, 4) is 16.3 Å². The van der Waals surface area contributed by atoms with Crippen LogP contribution >= 0.6 is 11.3 Å². The van der Waals surface area contributed by atoms with Crippen molar-refractivity contribution in [3.05, 3.63) is 35.3 Å². The summed E-state index contributed by atoms with van der Waals surface area (Å²) >= 11 is 1.55. The number of hydrogen-bond donors (Lipinski definition) is 1. The maximum Gasteiger partial charge on any atom is 0.226 e. The van der Waals surface area contributed by atoms with Gasteiger partial charge in [0.15, 0.2) is 0 Å². The lowest BCUT2D eigenvalue weighted by atomic mass is 10.2. The minimum Gasteiger partial charge on any atom is -0.493 e. The van der Waals surface area contributed by atoms with Crippen molar-refractivity contribution < 1.29 is 9.53 Å². The number of carbonyl (C=O) groups excluding carboxylic acids is 1. The summed E-state index contributed by atoms with van der Waals surface area (Å²) < 4.78 is 5.64. The lowest BCUT2D eigenvalue weighted by Gasteiger charge is -2.07. The number of hydrogen-bond acceptors (Lipinski definition) is 4. The molecule has 1 aromatic heterocycles. The van der Waals surface area contributed by atoms with Gasteiger partial charge in [-0.2, -0.15) is 0 Å². The zero-order valence-corrected chi connectivity index (χ0v) is 13.5. The van der Waals surface area contributed by atoms with Crippen LogP contribution in [0.15, 0.2) is 29.6 Å². The van der Waals surface area contributed by atoms with Gasteiger partial charge < -0.3 is 10.1 Å². The second kappa shape index (κ2) is 6.92. The molecule has 0 spiro atoms. The van der Waals surface area contributed by atoms with E-state index in [0.717, 1.165) is 28.6 Å². The van der Waals surface area contributed by atoms with Crippen LogP contribution < -0.4 is 10.1 Å². The van der Waals surface area contributed by atoms with E-state index in [0.29, 0.717) is 18.9 Å². The zero-order chi connectivity index (χ0) is 15.4. The predicted octanol–water partition coefficient (Wildman–Crippen LogP) is 3.28. The molecule has 0 radical (unpaired) electrons. The summed E-state index contributed by atoms with van der Waals surface area (Å²) in [7, 11) is 0. The molecular formula is C17H20N2O2S. The lowest BCUT2D eigenvalue weighted by molar-refractivity contribution is -0.120. The normalized spacial score (nSPS) is 13.9. The van der Waals surface area contributed by atoms with Crippen molar-refractivity contribution in [2.75, 3.05) is 13.2 Å². The van der Waals surface area contributed by atoms with Crippen molar-refractivity contribution in [1.29, 1.82) is 0 Å². The molecule has 0 atom stereocenters. The molecule has 0 unspecified atom stereocenters. The van der Waals surface area contributed by atoms with Gasteiger partial charge >= 0.3 is 0 Å². The summed E-state index contributed by atoms with van der Waals surface area (Å²) in [5.41, 5.74) is 1.80. The fourth-order valence-electron chi connectivity index (χ4n) is 2.24. The van der Waals surface area contributed by atoms with Crippen LogP contribution in [0.3, 0.4) is 0 Å². The highest BCUT2D eigenvalue weighted by molar-refractivity contribution is 7.13. The fourth-order valence-corrected chi connectivity index (χ4v) is 3.09. The van der Waals surface area contributed by atoms with Crippen LogP contribution in [0.2, 0.25) is 0 Å². The van der Waals surface area contributed by atoms with Gasteiger partial charge in [-0.3, -0.25) is 4.79 Å². The van der Waals surface area contributed by atoms with Crippen LogP contribution in [-0.2, 0) is 11.2 Å². The molecule has 4 nitrogen and oxygen atoms in total. The summed E-state index contributed by atoms with van der Waals surface area (Å²) in [5, 5.41) is 5.83. The maximum absolute atomic E-state index is 11.9. The number of benzene rings is 1. The Morgan fingerprint density at radius 3 is 3.00 bits per heavy atom. The highest BCUT2D eigenvalue weighted by atomic mass is 32.1. The van der Waals surface area contributed by atoms with Gasteiger partial charge in [0.05, 0.1) is 24.3 Å². The predicted molar refractivity (Wildman–Crippen MR) is 88.2 cm³/mol. The first kappa shape index (κ1) is 15.0. The fraction of sp³-hybridized carbons (Fsp3) is 0.412. The molecule has 2 aromatic rings. The molecule has 5 heteroatoms. The summed E-state index contributed by atoms with van der Waals surface area (Å²) in [5.74, 6) is 1.60. The molecule has 1 saturated carbocycles. The minimum atomic E-state index is 0.0573. The zero-order valence-electron chi connectivity index (χ0n) is 12.7. The first-order valence-corrected chi connectivity index (χ1v) is 8.57. The SMILES string of the molecule is CCOc1ccccc1-c1nc(CC(=O)NCC2CC2)cs1. The molecule has 3 rings (SSSR count). The first-order chi connectivity index (χ1) is 10.8. The van der Waals surface area contributed by atoms with E-state index >= 15 is 0 Å². The smallest absolute Gasteiger partial charge is 0.226 e. The van der Waals surface area contributed by atoms with E-state index < -0.39 is 0 Å². The Kier molecular flexibility index (Phi) is 4.73. The molecule has 1 aliphatic rings. The van der Waals surface area contributed by atoms with Crippen molar-refractivity contribution in [2.45, 2.75) is 26.2 Å². The van der Waals surface area contributed by atoms with E-state index in [1.807, 2.05) is 36.6 Å². The maximum atomic E-state index is 11.9. The largest absolute Gasteiger partial charge is 0.493 e. The van der Waals surface area contributed by atoms with E-state index in [-0.39, 0.29) is 5.91 Å². The molecule has 1 fully saturated rings. The Morgan fingerprint density at radius 2 is 2.23 bits per heavy atom. The summed E-state index contributed by atoms with van der Waals surface area (Å²) in [6.45, 7) is 3.40. The topological polar surface area (TPSA) is 51.2 Å². The molecule has 1 amide bonds. The Bertz CT molecular complexity index is 650. The molecule has 0 aliphatic heterocycles. The molecule has 1 aliphatic carbocycles. The van der Waals surface area contributed by atoms with Crippen molar-refractivity contribution >= 4 is 17.2 Å². The van der Waals surface area contributed by atoms with Crippen LogP contribution in [0.5, 0.6) is 5.75 Å². The average Bonchev–Trinajstić information content (AvgIpc) is 3.25. The number of thiazole rings is 1. The Balaban J connectivity index is 1.66. The minimum absolute atomic E-state index is 0.0573. The van der Waals surface area contributed by atoms with Crippen molar-refractivity contribution in [3.63, 3.8) is 0 Å². The molecule has 116 valence electrons. The van der Waals surface area contributed by atoms with Crippen LogP contribution in [0.4, 0.5) is 0 Å². The van der Waals surface area contributed by atoms with Gasteiger partial charge in [0.25, 0.3) is 0 Å². The number of ether oxygens (including phenoxy) is 1. The van der Waals surface area contributed by atoms with E-state index in [2.05, 4.69) is 10.3 Å². The first-order valence-electron chi connectivity index (χ1n) is 7.69. The number of carbonyl (C=O) groups is 1. The number of aromatic nitrogens is 1. The average molecular weight is 316 g/mol. The quantitative estimate of drug-likeness (QED) is 0.853. The van der Waals surface area contributed by atoms with Gasteiger partial charge in [-0.15, -0.1) is 11.3 Å². The monoisotopic (exact) mass is 316 g/mol. The summed E-state index contributed by atoms with van der Waals surface area (Å²) in [4.78, 5) is 16.5. The number of amides is 1. The van der Waals surface area contributed by atoms with Gasteiger partial charge in [-0.1, -0.05) is 12.1 Å². The van der Waals surface area contributed by atoms with Crippen molar-refractivity contribution in [1.82, 2.24) is 10.3 Å². The number of para-hydroxylation sites is 1. The third kappa shape index (κ3) is 3.85. The molecule has 1 N–H and O–H groups in total. The third-order valence-electron chi connectivity index (χ3n) is 3.60. The highest BCUT2D eigenvalue weighted by Crippen LogP contribution is 2.32. The second-order valence-electron chi connectivity index (χ2n) is 5.50. The van der Waals surface area contributed by atoms with Gasteiger partial charge in [-0.25, -0.2) is 4.98 Å². The second-order valence-corrected chi connectivity index (χ2v) is 6.36. The molecule has 1 heterocycles. The van der Waals surface area contributed by atoms with Crippen LogP contribution in [0.1, 0.15) is 25.5 Å². The molecule has 1 aromatic carbocycles. The molecule has 22 heavy (non-hydrogen) atoms. The lowest BCUT2D eigenvalue weighted by Crippen LogP contribution is -2.27. The van der Waals surface area contributed by atoms with Gasteiger partial charge in [0.2, 0.25) is 5.91 Å². The van der Waals surface area contributed by atoms with Gasteiger partial charge in [0, 0.05) is 11.9 Å². The Morgan fingerprint density at radius 1 is 1.41 bits per heavy atom. The molecule has 0 bridgehead atoms. The van der Waals surface area contributed by atoms with E-state index in [4.69, 9.17) is 4.74 Å². The number of nitrogens with one attached hydrogen (secondary N) is 1. The number of rotatable bonds is 7. The van der Waals surface area contributed by atoms with Crippen LogP contribution in [0, 0.1) is 5.92 Å². The highest BCUT2D eigenvalue weighted by Gasteiger charge is 2.21. The van der Waals surface area contributed by atoms with Gasteiger partial charge in [-0.05, 0) is 37.8 Å². The molecular weight excluding hydrogens is 296 g/mol. The van der Waals surface area contributed by atoms with E-state index in [1.54, 1.807) is 11.3 Å².